The summed E-state index contributed by atoms with van der Waals surface area (Å²) < 4.78 is 0.985. The summed E-state index contributed by atoms with van der Waals surface area (Å²) in [6.07, 6.45) is -0.00269. The van der Waals surface area contributed by atoms with Gasteiger partial charge in [0.25, 0.3) is 5.91 Å². The van der Waals surface area contributed by atoms with Crippen LogP contribution >= 0.6 is 27.5 Å². The summed E-state index contributed by atoms with van der Waals surface area (Å²) in [6, 6.07) is 15.8. The van der Waals surface area contributed by atoms with Gasteiger partial charge in [0.1, 0.15) is 0 Å². The highest BCUT2D eigenvalue weighted by molar-refractivity contribution is 9.10. The van der Waals surface area contributed by atoms with Gasteiger partial charge in [0, 0.05) is 54.2 Å². The van der Waals surface area contributed by atoms with Crippen LogP contribution in [0.1, 0.15) is 17.5 Å². The van der Waals surface area contributed by atoms with Gasteiger partial charge in [-0.3, -0.25) is 9.69 Å². The number of benzene rings is 2. The van der Waals surface area contributed by atoms with Crippen LogP contribution in [0.3, 0.4) is 0 Å². The standard InChI is InChI=1S/C21H21BrClN3O2/c22-17-3-1-2-16(12-17)19-13-20(28-24-19)21(27)26-10-8-25(9-11-26)14-15-4-6-18(23)7-5-15/h1-7,12,20H,8-11,13-14H2. The molecule has 146 valence electrons. The van der Waals surface area contributed by atoms with Gasteiger partial charge < -0.3 is 9.74 Å². The monoisotopic (exact) mass is 461 g/mol. The minimum atomic E-state index is -0.517. The Kier molecular flexibility index (Phi) is 5.99. The van der Waals surface area contributed by atoms with Crippen molar-refractivity contribution in [2.75, 3.05) is 26.2 Å². The minimum Gasteiger partial charge on any atom is -0.382 e. The molecule has 1 atom stereocenters. The summed E-state index contributed by atoms with van der Waals surface area (Å²) in [5.41, 5.74) is 3.04. The average Bonchev–Trinajstić information content (AvgIpc) is 3.20. The molecule has 2 heterocycles. The van der Waals surface area contributed by atoms with Gasteiger partial charge in [0.05, 0.1) is 5.71 Å². The SMILES string of the molecule is O=C(C1CC(c2cccc(Br)c2)=NO1)N1CCN(Cc2ccc(Cl)cc2)CC1. The van der Waals surface area contributed by atoms with Crippen LogP contribution in [-0.2, 0) is 16.2 Å². The molecule has 0 aromatic heterocycles. The number of nitrogens with zero attached hydrogens (tertiary/aromatic N) is 3. The molecule has 1 amide bonds. The number of halogens is 2. The van der Waals surface area contributed by atoms with E-state index >= 15 is 0 Å². The van der Waals surface area contributed by atoms with Crippen LogP contribution in [0.2, 0.25) is 5.02 Å². The van der Waals surface area contributed by atoms with Gasteiger partial charge in [-0.05, 0) is 29.8 Å². The van der Waals surface area contributed by atoms with Crippen LogP contribution in [0.4, 0.5) is 0 Å². The summed E-state index contributed by atoms with van der Waals surface area (Å²) in [7, 11) is 0. The van der Waals surface area contributed by atoms with E-state index in [1.807, 2.05) is 53.4 Å². The lowest BCUT2D eigenvalue weighted by Gasteiger charge is -2.35. The van der Waals surface area contributed by atoms with Crippen LogP contribution in [0.15, 0.2) is 58.2 Å². The van der Waals surface area contributed by atoms with Crippen molar-refractivity contribution < 1.29 is 9.63 Å². The second-order valence-corrected chi connectivity index (χ2v) is 8.43. The van der Waals surface area contributed by atoms with Crippen LogP contribution in [0, 0.1) is 0 Å². The largest absolute Gasteiger partial charge is 0.382 e. The van der Waals surface area contributed by atoms with Crippen molar-refractivity contribution in [3.05, 3.63) is 69.2 Å². The normalized spacial score (nSPS) is 20.0. The molecule has 2 aliphatic heterocycles. The molecule has 1 saturated heterocycles. The Balaban J connectivity index is 1.28. The van der Waals surface area contributed by atoms with Gasteiger partial charge in [-0.2, -0.15) is 0 Å². The number of amides is 1. The summed E-state index contributed by atoms with van der Waals surface area (Å²) >= 11 is 9.41. The molecule has 2 aromatic carbocycles. The van der Waals surface area contributed by atoms with Crippen molar-refractivity contribution in [1.29, 1.82) is 0 Å². The molecular weight excluding hydrogens is 442 g/mol. The molecule has 0 bridgehead atoms. The zero-order valence-corrected chi connectivity index (χ0v) is 17.7. The van der Waals surface area contributed by atoms with Crippen molar-refractivity contribution in [2.24, 2.45) is 5.16 Å². The van der Waals surface area contributed by atoms with Crippen molar-refractivity contribution >= 4 is 39.1 Å². The zero-order valence-electron chi connectivity index (χ0n) is 15.4. The molecule has 28 heavy (non-hydrogen) atoms. The first kappa shape index (κ1) is 19.4. The number of carbonyl (C=O) groups excluding carboxylic acids is 1. The molecule has 4 rings (SSSR count). The van der Waals surface area contributed by atoms with Crippen LogP contribution < -0.4 is 0 Å². The van der Waals surface area contributed by atoms with E-state index in [1.54, 1.807) is 0 Å². The molecule has 0 saturated carbocycles. The number of oxime groups is 1. The van der Waals surface area contributed by atoms with Gasteiger partial charge in [0.15, 0.2) is 0 Å². The molecule has 0 spiro atoms. The van der Waals surface area contributed by atoms with E-state index in [0.717, 1.165) is 40.4 Å². The Morgan fingerprint density at radius 2 is 1.89 bits per heavy atom. The number of rotatable bonds is 4. The second kappa shape index (κ2) is 8.64. The fourth-order valence-electron chi connectivity index (χ4n) is 3.53. The summed E-state index contributed by atoms with van der Waals surface area (Å²) in [4.78, 5) is 22.5. The summed E-state index contributed by atoms with van der Waals surface area (Å²) in [6.45, 7) is 3.98. The van der Waals surface area contributed by atoms with E-state index in [1.165, 1.54) is 5.56 Å². The van der Waals surface area contributed by atoms with Gasteiger partial charge in [-0.15, -0.1) is 0 Å². The van der Waals surface area contributed by atoms with Gasteiger partial charge in [0.2, 0.25) is 6.10 Å². The molecular formula is C21H21BrClN3O2. The Morgan fingerprint density at radius 1 is 1.14 bits per heavy atom. The number of carbonyl (C=O) groups is 1. The van der Waals surface area contributed by atoms with E-state index in [0.29, 0.717) is 19.5 Å². The third kappa shape index (κ3) is 4.57. The van der Waals surface area contributed by atoms with Crippen molar-refractivity contribution in [1.82, 2.24) is 9.80 Å². The highest BCUT2D eigenvalue weighted by Gasteiger charge is 2.33. The maximum Gasteiger partial charge on any atom is 0.266 e. The Bertz CT molecular complexity index is 879. The lowest BCUT2D eigenvalue weighted by atomic mass is 10.0. The lowest BCUT2D eigenvalue weighted by Crippen LogP contribution is -2.51. The molecule has 5 nitrogen and oxygen atoms in total. The van der Waals surface area contributed by atoms with Crippen LogP contribution in [0.5, 0.6) is 0 Å². The van der Waals surface area contributed by atoms with Crippen molar-refractivity contribution in [3.63, 3.8) is 0 Å². The zero-order chi connectivity index (χ0) is 19.5. The van der Waals surface area contributed by atoms with E-state index in [2.05, 4.69) is 26.0 Å². The van der Waals surface area contributed by atoms with Gasteiger partial charge in [-0.25, -0.2) is 0 Å². The molecule has 1 unspecified atom stereocenters. The van der Waals surface area contributed by atoms with E-state index < -0.39 is 6.10 Å². The lowest BCUT2D eigenvalue weighted by molar-refractivity contribution is -0.143. The third-order valence-electron chi connectivity index (χ3n) is 5.11. The summed E-state index contributed by atoms with van der Waals surface area (Å²) in [5.74, 6) is 0.0277. The number of hydrogen-bond donors (Lipinski definition) is 0. The van der Waals surface area contributed by atoms with E-state index in [4.69, 9.17) is 16.4 Å². The third-order valence-corrected chi connectivity index (χ3v) is 5.85. The first-order valence-corrected chi connectivity index (χ1v) is 10.5. The maximum absolute atomic E-state index is 12.8. The van der Waals surface area contributed by atoms with Crippen LogP contribution in [0.25, 0.3) is 0 Å². The second-order valence-electron chi connectivity index (χ2n) is 7.07. The molecule has 0 aliphatic carbocycles. The number of hydrogen-bond acceptors (Lipinski definition) is 4. The highest BCUT2D eigenvalue weighted by Crippen LogP contribution is 2.22. The van der Waals surface area contributed by atoms with E-state index in [9.17, 15) is 4.79 Å². The van der Waals surface area contributed by atoms with Gasteiger partial charge in [-0.1, -0.05) is 57.0 Å². The molecule has 1 fully saturated rings. The molecule has 7 heteroatoms. The molecule has 0 radical (unpaired) electrons. The van der Waals surface area contributed by atoms with Crippen molar-refractivity contribution in [2.45, 2.75) is 19.1 Å². The first-order chi connectivity index (χ1) is 13.6. The topological polar surface area (TPSA) is 45.1 Å². The number of piperazine rings is 1. The Labute approximate surface area is 178 Å². The smallest absolute Gasteiger partial charge is 0.266 e. The Morgan fingerprint density at radius 3 is 2.61 bits per heavy atom. The minimum absolute atomic E-state index is 0.0277. The van der Waals surface area contributed by atoms with Crippen LogP contribution in [-0.4, -0.2) is 53.7 Å². The predicted molar refractivity (Wildman–Crippen MR) is 113 cm³/mol. The maximum atomic E-state index is 12.8. The van der Waals surface area contributed by atoms with Crippen molar-refractivity contribution in [3.8, 4) is 0 Å². The van der Waals surface area contributed by atoms with E-state index in [-0.39, 0.29) is 5.91 Å². The first-order valence-electron chi connectivity index (χ1n) is 9.33. The quantitative estimate of drug-likeness (QED) is 0.691. The van der Waals surface area contributed by atoms with Gasteiger partial charge >= 0.3 is 0 Å². The fraction of sp³-hybridized carbons (Fsp3) is 0.333. The summed E-state index contributed by atoms with van der Waals surface area (Å²) in [5, 5.41) is 4.90. The Hall–Kier alpha value is -1.89. The fourth-order valence-corrected chi connectivity index (χ4v) is 4.05. The molecule has 2 aromatic rings. The molecule has 2 aliphatic rings. The highest BCUT2D eigenvalue weighted by atomic mass is 79.9. The molecule has 0 N–H and O–H groups in total. The predicted octanol–water partition coefficient (Wildman–Crippen LogP) is 3.94. The average molecular weight is 463 g/mol.